The maximum absolute atomic E-state index is 5.49. The molecular formula is C19H33NO. The molecule has 0 atom stereocenters. The van der Waals surface area contributed by atoms with Gasteiger partial charge in [0, 0.05) is 0 Å². The second-order valence-corrected chi connectivity index (χ2v) is 5.80. The molecule has 0 spiro atoms. The van der Waals surface area contributed by atoms with Crippen molar-refractivity contribution in [3.8, 4) is 5.75 Å². The first-order valence-corrected chi connectivity index (χ1v) is 8.78. The van der Waals surface area contributed by atoms with Gasteiger partial charge in [0.15, 0.2) is 0 Å². The van der Waals surface area contributed by atoms with Crippen LogP contribution in [-0.4, -0.2) is 13.2 Å². The zero-order valence-corrected chi connectivity index (χ0v) is 13.8. The summed E-state index contributed by atoms with van der Waals surface area (Å²) in [4.78, 5) is 0. The zero-order valence-electron chi connectivity index (χ0n) is 13.8. The predicted molar refractivity (Wildman–Crippen MR) is 91.9 cm³/mol. The lowest BCUT2D eigenvalue weighted by Gasteiger charge is -2.05. The highest BCUT2D eigenvalue weighted by molar-refractivity contribution is 5.27. The smallest absolute Gasteiger partial charge is 0.119 e. The van der Waals surface area contributed by atoms with Gasteiger partial charge >= 0.3 is 0 Å². The van der Waals surface area contributed by atoms with Crippen molar-refractivity contribution in [1.82, 2.24) is 0 Å². The summed E-state index contributed by atoms with van der Waals surface area (Å²) in [6, 6.07) is 8.56. The Morgan fingerprint density at radius 3 is 1.81 bits per heavy atom. The molecular weight excluding hydrogens is 258 g/mol. The number of ether oxygens (including phenoxy) is 1. The number of benzene rings is 1. The summed E-state index contributed by atoms with van der Waals surface area (Å²) >= 11 is 0. The number of rotatable bonds is 13. The van der Waals surface area contributed by atoms with Crippen molar-refractivity contribution in [3.05, 3.63) is 29.8 Å². The molecule has 0 amide bonds. The highest BCUT2D eigenvalue weighted by Gasteiger charge is 1.96. The number of hydrogen-bond donors (Lipinski definition) is 1. The number of unbranched alkanes of at least 4 members (excludes halogenated alkanes) is 8. The topological polar surface area (TPSA) is 35.2 Å². The molecule has 21 heavy (non-hydrogen) atoms. The minimum atomic E-state index is 0.742. The van der Waals surface area contributed by atoms with Crippen molar-refractivity contribution in [2.75, 3.05) is 13.2 Å². The van der Waals surface area contributed by atoms with Crippen LogP contribution in [0.3, 0.4) is 0 Å². The van der Waals surface area contributed by atoms with Crippen LogP contribution >= 0.6 is 0 Å². The van der Waals surface area contributed by atoms with Gasteiger partial charge < -0.3 is 10.5 Å². The highest BCUT2D eigenvalue weighted by atomic mass is 16.5. The van der Waals surface area contributed by atoms with Crippen LogP contribution in [0.1, 0.15) is 70.3 Å². The van der Waals surface area contributed by atoms with E-state index in [0.717, 1.165) is 18.9 Å². The van der Waals surface area contributed by atoms with Gasteiger partial charge in [-0.05, 0) is 50.4 Å². The van der Waals surface area contributed by atoms with Crippen molar-refractivity contribution in [2.45, 2.75) is 71.1 Å². The first kappa shape index (κ1) is 18.0. The lowest BCUT2D eigenvalue weighted by Crippen LogP contribution is -1.97. The van der Waals surface area contributed by atoms with E-state index in [-0.39, 0.29) is 0 Å². The van der Waals surface area contributed by atoms with E-state index in [0.29, 0.717) is 0 Å². The van der Waals surface area contributed by atoms with Crippen LogP contribution < -0.4 is 10.5 Å². The SMILES string of the molecule is CCOc1ccc(CCCCCCCCCCCN)cc1. The molecule has 0 unspecified atom stereocenters. The molecule has 0 radical (unpaired) electrons. The van der Waals surface area contributed by atoms with E-state index in [1.165, 1.54) is 69.8 Å². The molecule has 0 fully saturated rings. The molecule has 2 heteroatoms. The summed E-state index contributed by atoms with van der Waals surface area (Å²) in [5.74, 6) is 0.982. The van der Waals surface area contributed by atoms with E-state index in [2.05, 4.69) is 24.3 Å². The van der Waals surface area contributed by atoms with E-state index in [1.54, 1.807) is 0 Å². The third kappa shape index (κ3) is 9.52. The maximum Gasteiger partial charge on any atom is 0.119 e. The first-order chi connectivity index (χ1) is 10.4. The normalized spacial score (nSPS) is 10.8. The van der Waals surface area contributed by atoms with Crippen LogP contribution in [0, 0.1) is 0 Å². The van der Waals surface area contributed by atoms with Gasteiger partial charge in [0.2, 0.25) is 0 Å². The van der Waals surface area contributed by atoms with Crippen LogP contribution in [-0.2, 0) is 6.42 Å². The van der Waals surface area contributed by atoms with E-state index in [1.807, 2.05) is 6.92 Å². The zero-order chi connectivity index (χ0) is 15.2. The first-order valence-electron chi connectivity index (χ1n) is 8.78. The Bertz CT molecular complexity index is 334. The largest absolute Gasteiger partial charge is 0.494 e. The quantitative estimate of drug-likeness (QED) is 0.513. The molecule has 2 N–H and O–H groups in total. The fourth-order valence-corrected chi connectivity index (χ4v) is 2.63. The van der Waals surface area contributed by atoms with Gasteiger partial charge in [-0.15, -0.1) is 0 Å². The van der Waals surface area contributed by atoms with Crippen LogP contribution in [0.4, 0.5) is 0 Å². The molecule has 0 saturated heterocycles. The minimum Gasteiger partial charge on any atom is -0.494 e. The van der Waals surface area contributed by atoms with Gasteiger partial charge in [0.25, 0.3) is 0 Å². The number of hydrogen-bond acceptors (Lipinski definition) is 2. The summed E-state index contributed by atoms with van der Waals surface area (Å²) in [6.45, 7) is 3.61. The Labute approximate surface area is 131 Å². The van der Waals surface area contributed by atoms with Crippen molar-refractivity contribution in [1.29, 1.82) is 0 Å². The molecule has 0 aliphatic rings. The standard InChI is InChI=1S/C19H33NO/c1-2-21-19-15-13-18(14-16-19)12-10-8-6-4-3-5-7-9-11-17-20/h13-16H,2-12,17,20H2,1H3. The Balaban J connectivity index is 1.94. The predicted octanol–water partition coefficient (Wildman–Crippen LogP) is 5.10. The van der Waals surface area contributed by atoms with Crippen molar-refractivity contribution in [2.24, 2.45) is 5.73 Å². The van der Waals surface area contributed by atoms with Gasteiger partial charge in [-0.25, -0.2) is 0 Å². The summed E-state index contributed by atoms with van der Waals surface area (Å²) in [5, 5.41) is 0. The summed E-state index contributed by atoms with van der Waals surface area (Å²) in [5.41, 5.74) is 6.92. The van der Waals surface area contributed by atoms with E-state index >= 15 is 0 Å². The van der Waals surface area contributed by atoms with E-state index in [4.69, 9.17) is 10.5 Å². The summed E-state index contributed by atoms with van der Waals surface area (Å²) < 4.78 is 5.46. The van der Waals surface area contributed by atoms with Crippen molar-refractivity contribution >= 4 is 0 Å². The molecule has 0 bridgehead atoms. The van der Waals surface area contributed by atoms with Gasteiger partial charge in [0.1, 0.15) is 5.75 Å². The summed E-state index contributed by atoms with van der Waals surface area (Å²) in [6.07, 6.45) is 13.3. The molecule has 0 aromatic heterocycles. The third-order valence-corrected chi connectivity index (χ3v) is 3.90. The number of nitrogens with two attached hydrogens (primary N) is 1. The monoisotopic (exact) mass is 291 g/mol. The van der Waals surface area contributed by atoms with Gasteiger partial charge in [0.05, 0.1) is 6.61 Å². The van der Waals surface area contributed by atoms with Crippen molar-refractivity contribution in [3.63, 3.8) is 0 Å². The average Bonchev–Trinajstić information content (AvgIpc) is 2.51. The fourth-order valence-electron chi connectivity index (χ4n) is 2.63. The van der Waals surface area contributed by atoms with Gasteiger partial charge in [-0.1, -0.05) is 57.1 Å². The maximum atomic E-state index is 5.49. The lowest BCUT2D eigenvalue weighted by atomic mass is 10.0. The van der Waals surface area contributed by atoms with Crippen LogP contribution in [0.25, 0.3) is 0 Å². The van der Waals surface area contributed by atoms with Crippen molar-refractivity contribution < 1.29 is 4.74 Å². The molecule has 0 aliphatic heterocycles. The number of aryl methyl sites for hydroxylation is 1. The van der Waals surface area contributed by atoms with E-state index < -0.39 is 0 Å². The van der Waals surface area contributed by atoms with E-state index in [9.17, 15) is 0 Å². The summed E-state index contributed by atoms with van der Waals surface area (Å²) in [7, 11) is 0. The molecule has 1 aromatic rings. The second kappa shape index (κ2) is 12.7. The average molecular weight is 291 g/mol. The minimum absolute atomic E-state index is 0.742. The molecule has 1 rings (SSSR count). The Morgan fingerprint density at radius 1 is 0.762 bits per heavy atom. The Hall–Kier alpha value is -1.02. The van der Waals surface area contributed by atoms with Gasteiger partial charge in [-0.2, -0.15) is 0 Å². The van der Waals surface area contributed by atoms with Gasteiger partial charge in [-0.3, -0.25) is 0 Å². The second-order valence-electron chi connectivity index (χ2n) is 5.80. The molecule has 0 saturated carbocycles. The Kier molecular flexibility index (Phi) is 10.9. The Morgan fingerprint density at radius 2 is 1.29 bits per heavy atom. The molecule has 2 nitrogen and oxygen atoms in total. The molecule has 0 aliphatic carbocycles. The molecule has 120 valence electrons. The molecule has 0 heterocycles. The third-order valence-electron chi connectivity index (χ3n) is 3.90. The van der Waals surface area contributed by atoms with Crippen LogP contribution in [0.5, 0.6) is 5.75 Å². The highest BCUT2D eigenvalue weighted by Crippen LogP contribution is 2.15. The fraction of sp³-hybridized carbons (Fsp3) is 0.684. The van der Waals surface area contributed by atoms with Crippen LogP contribution in [0.15, 0.2) is 24.3 Å². The molecule has 1 aromatic carbocycles. The van der Waals surface area contributed by atoms with Crippen LogP contribution in [0.2, 0.25) is 0 Å². The lowest BCUT2D eigenvalue weighted by molar-refractivity contribution is 0.340.